The lowest BCUT2D eigenvalue weighted by Gasteiger charge is -2.26. The summed E-state index contributed by atoms with van der Waals surface area (Å²) in [6.07, 6.45) is 7.45. The molecule has 1 unspecified atom stereocenters. The average Bonchev–Trinajstić information content (AvgIpc) is 2.58. The van der Waals surface area contributed by atoms with Gasteiger partial charge in [-0.05, 0) is 64.4 Å². The maximum absolute atomic E-state index is 12.3. The molecular formula is C19H28Cl2N2O. The number of nitrogens with one attached hydrogen (secondary N) is 1. The molecule has 0 bridgehead atoms. The van der Waals surface area contributed by atoms with Crippen LogP contribution in [0.3, 0.4) is 0 Å². The van der Waals surface area contributed by atoms with Crippen molar-refractivity contribution in [2.75, 3.05) is 26.2 Å². The summed E-state index contributed by atoms with van der Waals surface area (Å²) in [6.45, 7) is 6.27. The standard InChI is InChI=1S/C19H28Cl2N2O/c1-15(18-16(20)9-8-10-17(18)21)19(24)22-11-4-2-5-12-23-13-6-3-7-14-23/h8-10,15H,2-7,11-14H2,1H3,(H,22,24). The Morgan fingerprint density at radius 2 is 1.79 bits per heavy atom. The van der Waals surface area contributed by atoms with Crippen LogP contribution in [0.5, 0.6) is 0 Å². The molecule has 1 aromatic rings. The molecule has 0 aliphatic carbocycles. The average molecular weight is 371 g/mol. The molecule has 0 aromatic heterocycles. The maximum atomic E-state index is 12.3. The second kappa shape index (κ2) is 10.3. The molecule has 1 heterocycles. The van der Waals surface area contributed by atoms with Gasteiger partial charge in [-0.25, -0.2) is 0 Å². The van der Waals surface area contributed by atoms with Gasteiger partial charge in [0.15, 0.2) is 0 Å². The van der Waals surface area contributed by atoms with Gasteiger partial charge >= 0.3 is 0 Å². The number of rotatable bonds is 8. The minimum atomic E-state index is -0.334. The first kappa shape index (κ1) is 19.6. The second-order valence-corrected chi connectivity index (χ2v) is 7.43. The van der Waals surface area contributed by atoms with Gasteiger partial charge in [-0.1, -0.05) is 42.1 Å². The summed E-state index contributed by atoms with van der Waals surface area (Å²) in [5.41, 5.74) is 0.712. The zero-order chi connectivity index (χ0) is 17.4. The van der Waals surface area contributed by atoms with Gasteiger partial charge < -0.3 is 10.2 Å². The Morgan fingerprint density at radius 1 is 1.12 bits per heavy atom. The summed E-state index contributed by atoms with van der Waals surface area (Å²) in [7, 11) is 0. The first-order valence-corrected chi connectivity index (χ1v) is 9.79. The molecule has 0 saturated carbocycles. The van der Waals surface area contributed by atoms with Crippen LogP contribution in [0.25, 0.3) is 0 Å². The minimum absolute atomic E-state index is 0.0129. The molecule has 0 radical (unpaired) electrons. The summed E-state index contributed by atoms with van der Waals surface area (Å²) in [5, 5.41) is 4.10. The molecule has 0 spiro atoms. The van der Waals surface area contributed by atoms with E-state index >= 15 is 0 Å². The van der Waals surface area contributed by atoms with Gasteiger partial charge in [-0.15, -0.1) is 0 Å². The monoisotopic (exact) mass is 370 g/mol. The smallest absolute Gasteiger partial charge is 0.227 e. The number of benzene rings is 1. The summed E-state index contributed by atoms with van der Waals surface area (Å²) in [4.78, 5) is 14.9. The first-order valence-electron chi connectivity index (χ1n) is 9.03. The fourth-order valence-corrected chi connectivity index (χ4v) is 3.97. The Morgan fingerprint density at radius 3 is 2.46 bits per heavy atom. The number of likely N-dealkylation sites (tertiary alicyclic amines) is 1. The van der Waals surface area contributed by atoms with Crippen molar-refractivity contribution in [2.45, 2.75) is 51.4 Å². The van der Waals surface area contributed by atoms with Gasteiger partial charge in [0, 0.05) is 22.2 Å². The first-order chi connectivity index (χ1) is 11.6. The fraction of sp³-hybridized carbons (Fsp3) is 0.632. The molecule has 1 N–H and O–H groups in total. The van der Waals surface area contributed by atoms with Gasteiger partial charge in [0.2, 0.25) is 5.91 Å². The number of carbonyl (C=O) groups is 1. The van der Waals surface area contributed by atoms with E-state index in [1.165, 1.54) is 45.3 Å². The van der Waals surface area contributed by atoms with Crippen molar-refractivity contribution in [3.05, 3.63) is 33.8 Å². The number of hydrogen-bond donors (Lipinski definition) is 1. The van der Waals surface area contributed by atoms with Crippen LogP contribution >= 0.6 is 23.2 Å². The molecule has 1 aliphatic heterocycles. The van der Waals surface area contributed by atoms with E-state index in [4.69, 9.17) is 23.2 Å². The summed E-state index contributed by atoms with van der Waals surface area (Å²) in [6, 6.07) is 5.33. The van der Waals surface area contributed by atoms with E-state index in [0.717, 1.165) is 12.8 Å². The van der Waals surface area contributed by atoms with E-state index in [9.17, 15) is 4.79 Å². The second-order valence-electron chi connectivity index (χ2n) is 6.61. The summed E-state index contributed by atoms with van der Waals surface area (Å²) >= 11 is 12.4. The zero-order valence-electron chi connectivity index (χ0n) is 14.5. The zero-order valence-corrected chi connectivity index (χ0v) is 16.0. The highest BCUT2D eigenvalue weighted by atomic mass is 35.5. The predicted octanol–water partition coefficient (Wildman–Crippen LogP) is 4.87. The molecule has 1 aliphatic rings. The molecule has 1 amide bonds. The number of carbonyl (C=O) groups excluding carboxylic acids is 1. The molecule has 2 rings (SSSR count). The van der Waals surface area contributed by atoms with E-state index < -0.39 is 0 Å². The van der Waals surface area contributed by atoms with Crippen molar-refractivity contribution in [1.29, 1.82) is 0 Å². The number of piperidine rings is 1. The lowest BCUT2D eigenvalue weighted by atomic mass is 10.00. The number of amides is 1. The molecule has 3 nitrogen and oxygen atoms in total. The Bertz CT molecular complexity index is 510. The largest absolute Gasteiger partial charge is 0.356 e. The van der Waals surface area contributed by atoms with Gasteiger partial charge in [-0.2, -0.15) is 0 Å². The van der Waals surface area contributed by atoms with Crippen LogP contribution in [0, 0.1) is 0 Å². The number of unbranched alkanes of at least 4 members (excludes halogenated alkanes) is 2. The lowest BCUT2D eigenvalue weighted by molar-refractivity contribution is -0.122. The molecule has 134 valence electrons. The SMILES string of the molecule is CC(C(=O)NCCCCCN1CCCCC1)c1c(Cl)cccc1Cl. The summed E-state index contributed by atoms with van der Waals surface area (Å²) in [5.74, 6) is -0.347. The summed E-state index contributed by atoms with van der Waals surface area (Å²) < 4.78 is 0. The van der Waals surface area contributed by atoms with E-state index in [1.54, 1.807) is 18.2 Å². The van der Waals surface area contributed by atoms with Crippen molar-refractivity contribution >= 4 is 29.1 Å². The van der Waals surface area contributed by atoms with Crippen molar-refractivity contribution in [3.8, 4) is 0 Å². The number of halogens is 2. The van der Waals surface area contributed by atoms with E-state index in [2.05, 4.69) is 10.2 Å². The van der Waals surface area contributed by atoms with Crippen LogP contribution in [0.15, 0.2) is 18.2 Å². The van der Waals surface area contributed by atoms with Crippen LogP contribution in [-0.2, 0) is 4.79 Å². The highest BCUT2D eigenvalue weighted by molar-refractivity contribution is 6.36. The normalized spacial score (nSPS) is 16.8. The Balaban J connectivity index is 1.64. The third-order valence-electron chi connectivity index (χ3n) is 4.73. The van der Waals surface area contributed by atoms with Crippen molar-refractivity contribution in [2.24, 2.45) is 0 Å². The molecular weight excluding hydrogens is 343 g/mol. The molecule has 1 aromatic carbocycles. The van der Waals surface area contributed by atoms with Crippen molar-refractivity contribution in [3.63, 3.8) is 0 Å². The topological polar surface area (TPSA) is 32.3 Å². The third-order valence-corrected chi connectivity index (χ3v) is 5.38. The van der Waals surface area contributed by atoms with Crippen LogP contribution in [0.1, 0.15) is 56.9 Å². The number of nitrogens with zero attached hydrogens (tertiary/aromatic N) is 1. The van der Waals surface area contributed by atoms with Gasteiger partial charge in [0.05, 0.1) is 5.92 Å². The van der Waals surface area contributed by atoms with Gasteiger partial charge in [0.25, 0.3) is 0 Å². The molecule has 5 heteroatoms. The Hall–Kier alpha value is -0.770. The Labute approximate surface area is 155 Å². The highest BCUT2D eigenvalue weighted by Gasteiger charge is 2.20. The Kier molecular flexibility index (Phi) is 8.37. The van der Waals surface area contributed by atoms with Crippen LogP contribution in [0.4, 0.5) is 0 Å². The van der Waals surface area contributed by atoms with E-state index in [1.807, 2.05) is 6.92 Å². The third kappa shape index (κ3) is 5.94. The highest BCUT2D eigenvalue weighted by Crippen LogP contribution is 2.31. The maximum Gasteiger partial charge on any atom is 0.227 e. The molecule has 1 fully saturated rings. The lowest BCUT2D eigenvalue weighted by Crippen LogP contribution is -2.31. The van der Waals surface area contributed by atoms with Crippen LogP contribution in [0.2, 0.25) is 10.0 Å². The van der Waals surface area contributed by atoms with Crippen molar-refractivity contribution < 1.29 is 4.79 Å². The molecule has 1 saturated heterocycles. The molecule has 1 atom stereocenters. The van der Waals surface area contributed by atoms with Crippen LogP contribution in [-0.4, -0.2) is 37.0 Å². The predicted molar refractivity (Wildman–Crippen MR) is 102 cm³/mol. The fourth-order valence-electron chi connectivity index (χ4n) is 3.24. The molecule has 24 heavy (non-hydrogen) atoms. The van der Waals surface area contributed by atoms with E-state index in [-0.39, 0.29) is 11.8 Å². The van der Waals surface area contributed by atoms with Crippen LogP contribution < -0.4 is 5.32 Å². The van der Waals surface area contributed by atoms with Gasteiger partial charge in [0.1, 0.15) is 0 Å². The minimum Gasteiger partial charge on any atom is -0.356 e. The van der Waals surface area contributed by atoms with E-state index in [0.29, 0.717) is 22.2 Å². The quantitative estimate of drug-likeness (QED) is 0.662. The number of hydrogen-bond acceptors (Lipinski definition) is 2. The van der Waals surface area contributed by atoms with Crippen molar-refractivity contribution in [1.82, 2.24) is 10.2 Å². The van der Waals surface area contributed by atoms with Gasteiger partial charge in [-0.3, -0.25) is 4.79 Å².